The van der Waals surface area contributed by atoms with Crippen LogP contribution in [0, 0.1) is 21.7 Å². The van der Waals surface area contributed by atoms with Crippen LogP contribution < -0.4 is 10.6 Å². The van der Waals surface area contributed by atoms with E-state index in [1.165, 1.54) is 24.3 Å². The number of guanidine groups is 1. The highest BCUT2D eigenvalue weighted by Crippen LogP contribution is 2.18. The van der Waals surface area contributed by atoms with Crippen molar-refractivity contribution >= 4 is 35.6 Å². The van der Waals surface area contributed by atoms with E-state index in [4.69, 9.17) is 4.74 Å². The minimum absolute atomic E-state index is 0. The van der Waals surface area contributed by atoms with Gasteiger partial charge in [0, 0.05) is 36.9 Å². The molecule has 1 fully saturated rings. The predicted molar refractivity (Wildman–Crippen MR) is 125 cm³/mol. The fraction of sp³-hybridized carbons (Fsp3) is 0.381. The second-order valence-electron chi connectivity index (χ2n) is 7.14. The van der Waals surface area contributed by atoms with Gasteiger partial charge in [0.2, 0.25) is 0 Å². The Labute approximate surface area is 196 Å². The molecule has 1 heterocycles. The summed E-state index contributed by atoms with van der Waals surface area (Å²) < 4.78 is 32.9. The fourth-order valence-corrected chi connectivity index (χ4v) is 3.20. The molecule has 3 rings (SSSR count). The number of rotatable bonds is 7. The first-order chi connectivity index (χ1) is 14.4. The molecule has 0 aliphatic carbocycles. The zero-order chi connectivity index (χ0) is 21.5. The highest BCUT2D eigenvalue weighted by Gasteiger charge is 2.18. The normalized spacial score (nSPS) is 17.0. The third-order valence-corrected chi connectivity index (χ3v) is 4.87. The number of hydrogen-bond donors (Lipinski definition) is 2. The third-order valence-electron chi connectivity index (χ3n) is 4.87. The number of ether oxygens (including phenoxy) is 1. The van der Waals surface area contributed by atoms with E-state index in [9.17, 15) is 18.9 Å². The maximum absolute atomic E-state index is 14.1. The molecule has 10 heteroatoms. The van der Waals surface area contributed by atoms with Crippen LogP contribution in [0.15, 0.2) is 47.5 Å². The first-order valence-corrected chi connectivity index (χ1v) is 9.77. The lowest BCUT2D eigenvalue weighted by atomic mass is 10.1. The van der Waals surface area contributed by atoms with Gasteiger partial charge in [-0.3, -0.25) is 10.1 Å². The number of non-ortho nitro benzene ring substituents is 1. The molecule has 31 heavy (non-hydrogen) atoms. The standard InChI is InChI=1S/C21H24F2N4O3.HI/c1-14(19-9-6-16(22)11-20(19)23)26-21(25-13-18-3-2-10-30-18)24-12-15-4-7-17(8-5-15)27(28)29;/h4-9,11,14,18H,2-3,10,12-13H2,1H3,(H2,24,25,26);1H. The smallest absolute Gasteiger partial charge is 0.269 e. The van der Waals surface area contributed by atoms with Gasteiger partial charge in [0.1, 0.15) is 11.6 Å². The number of halogens is 3. The van der Waals surface area contributed by atoms with Gasteiger partial charge in [-0.2, -0.15) is 0 Å². The van der Waals surface area contributed by atoms with Gasteiger partial charge in [0.25, 0.3) is 5.69 Å². The molecule has 2 unspecified atom stereocenters. The SMILES string of the molecule is CC(NC(=NCc1ccc([N+](=O)[O-])cc1)NCC1CCCO1)c1ccc(F)cc1F.I. The predicted octanol–water partition coefficient (Wildman–Crippen LogP) is 4.47. The molecule has 0 aromatic heterocycles. The van der Waals surface area contributed by atoms with Crippen molar-refractivity contribution in [3.8, 4) is 0 Å². The van der Waals surface area contributed by atoms with Crippen LogP contribution >= 0.6 is 24.0 Å². The van der Waals surface area contributed by atoms with E-state index in [-0.39, 0.29) is 42.3 Å². The van der Waals surface area contributed by atoms with Crippen LogP contribution in [0.4, 0.5) is 14.5 Å². The van der Waals surface area contributed by atoms with E-state index in [1.54, 1.807) is 19.1 Å². The third kappa shape index (κ3) is 7.39. The molecule has 1 aliphatic rings. The van der Waals surface area contributed by atoms with Crippen molar-refractivity contribution in [1.29, 1.82) is 0 Å². The van der Waals surface area contributed by atoms with Gasteiger partial charge in [0.15, 0.2) is 5.96 Å². The molecule has 2 aromatic carbocycles. The quantitative estimate of drug-likeness (QED) is 0.176. The zero-order valence-corrected chi connectivity index (χ0v) is 19.3. The summed E-state index contributed by atoms with van der Waals surface area (Å²) in [6.07, 6.45) is 2.03. The Hall–Kier alpha value is -2.34. The summed E-state index contributed by atoms with van der Waals surface area (Å²) in [6.45, 7) is 3.31. The highest BCUT2D eigenvalue weighted by atomic mass is 127. The highest BCUT2D eigenvalue weighted by molar-refractivity contribution is 14.0. The summed E-state index contributed by atoms with van der Waals surface area (Å²) in [4.78, 5) is 14.8. The molecule has 0 spiro atoms. The number of benzene rings is 2. The Morgan fingerprint density at radius 3 is 2.65 bits per heavy atom. The second kappa shape index (κ2) is 11.9. The van der Waals surface area contributed by atoms with E-state index in [0.717, 1.165) is 31.1 Å². The number of nitro groups is 1. The molecule has 2 aromatic rings. The first-order valence-electron chi connectivity index (χ1n) is 9.77. The largest absolute Gasteiger partial charge is 0.376 e. The second-order valence-corrected chi connectivity index (χ2v) is 7.14. The number of hydrogen-bond acceptors (Lipinski definition) is 4. The van der Waals surface area contributed by atoms with Crippen LogP contribution in [0.25, 0.3) is 0 Å². The van der Waals surface area contributed by atoms with Crippen LogP contribution in [-0.4, -0.2) is 30.1 Å². The van der Waals surface area contributed by atoms with Crippen LogP contribution in [-0.2, 0) is 11.3 Å². The molecule has 0 bridgehead atoms. The van der Waals surface area contributed by atoms with Crippen molar-refractivity contribution in [2.24, 2.45) is 4.99 Å². The lowest BCUT2D eigenvalue weighted by Crippen LogP contribution is -2.42. The van der Waals surface area contributed by atoms with Gasteiger partial charge in [0.05, 0.1) is 23.6 Å². The molecule has 0 radical (unpaired) electrons. The minimum atomic E-state index is -0.635. The Bertz CT molecular complexity index is 906. The molecule has 2 N–H and O–H groups in total. The van der Waals surface area contributed by atoms with Crippen molar-refractivity contribution < 1.29 is 18.4 Å². The molecule has 0 amide bonds. The van der Waals surface area contributed by atoms with E-state index in [1.807, 2.05) is 0 Å². The van der Waals surface area contributed by atoms with E-state index in [2.05, 4.69) is 15.6 Å². The summed E-state index contributed by atoms with van der Waals surface area (Å²) in [6, 6.07) is 9.13. The molecular weight excluding hydrogens is 521 g/mol. The summed E-state index contributed by atoms with van der Waals surface area (Å²) >= 11 is 0. The number of nitro benzene ring substituents is 1. The molecule has 2 atom stereocenters. The maximum Gasteiger partial charge on any atom is 0.269 e. The summed E-state index contributed by atoms with van der Waals surface area (Å²) in [7, 11) is 0. The van der Waals surface area contributed by atoms with Gasteiger partial charge >= 0.3 is 0 Å². The Morgan fingerprint density at radius 2 is 2.03 bits per heavy atom. The zero-order valence-electron chi connectivity index (χ0n) is 17.0. The van der Waals surface area contributed by atoms with E-state index in [0.29, 0.717) is 18.1 Å². The monoisotopic (exact) mass is 546 g/mol. The molecule has 7 nitrogen and oxygen atoms in total. The van der Waals surface area contributed by atoms with Gasteiger partial charge in [-0.15, -0.1) is 24.0 Å². The van der Waals surface area contributed by atoms with Crippen molar-refractivity contribution in [2.75, 3.05) is 13.2 Å². The molecule has 1 aliphatic heterocycles. The van der Waals surface area contributed by atoms with Gasteiger partial charge in [-0.05, 0) is 31.4 Å². The van der Waals surface area contributed by atoms with Crippen molar-refractivity contribution in [1.82, 2.24) is 10.6 Å². The Morgan fingerprint density at radius 1 is 1.29 bits per heavy atom. The molecular formula is C21H25F2IN4O3. The van der Waals surface area contributed by atoms with Crippen LogP contribution in [0.2, 0.25) is 0 Å². The number of nitrogens with zero attached hydrogens (tertiary/aromatic N) is 2. The topological polar surface area (TPSA) is 88.8 Å². The maximum atomic E-state index is 14.1. The number of aliphatic imine (C=N–C) groups is 1. The van der Waals surface area contributed by atoms with Crippen molar-refractivity contribution in [3.63, 3.8) is 0 Å². The van der Waals surface area contributed by atoms with Crippen molar-refractivity contribution in [2.45, 2.75) is 38.5 Å². The lowest BCUT2D eigenvalue weighted by Gasteiger charge is -2.20. The Kier molecular flexibility index (Phi) is 9.56. The Balaban J connectivity index is 0.00000341. The fourth-order valence-electron chi connectivity index (χ4n) is 3.20. The number of nitrogens with one attached hydrogen (secondary N) is 2. The van der Waals surface area contributed by atoms with Crippen LogP contribution in [0.3, 0.4) is 0 Å². The van der Waals surface area contributed by atoms with Gasteiger partial charge in [-0.25, -0.2) is 13.8 Å². The van der Waals surface area contributed by atoms with Gasteiger partial charge in [-0.1, -0.05) is 18.2 Å². The van der Waals surface area contributed by atoms with Crippen molar-refractivity contribution in [3.05, 3.63) is 75.3 Å². The van der Waals surface area contributed by atoms with E-state index < -0.39 is 22.6 Å². The molecule has 168 valence electrons. The van der Waals surface area contributed by atoms with Crippen LogP contribution in [0.1, 0.15) is 36.9 Å². The van der Waals surface area contributed by atoms with Crippen LogP contribution in [0.5, 0.6) is 0 Å². The average Bonchev–Trinajstić information content (AvgIpc) is 3.23. The lowest BCUT2D eigenvalue weighted by molar-refractivity contribution is -0.384. The summed E-state index contributed by atoms with van der Waals surface area (Å²) in [5.74, 6) is -0.823. The van der Waals surface area contributed by atoms with E-state index >= 15 is 0 Å². The van der Waals surface area contributed by atoms with Gasteiger partial charge < -0.3 is 15.4 Å². The molecule has 0 saturated carbocycles. The summed E-state index contributed by atoms with van der Waals surface area (Å²) in [5.41, 5.74) is 1.12. The first kappa shape index (κ1) is 24.9. The molecule has 1 saturated heterocycles. The minimum Gasteiger partial charge on any atom is -0.376 e. The average molecular weight is 546 g/mol. The summed E-state index contributed by atoms with van der Waals surface area (Å²) in [5, 5.41) is 17.1.